The molecule has 0 saturated carbocycles. The van der Waals surface area contributed by atoms with Gasteiger partial charge in [-0.2, -0.15) is 8.61 Å². The van der Waals surface area contributed by atoms with Crippen molar-refractivity contribution in [2.24, 2.45) is 0 Å². The first-order valence-corrected chi connectivity index (χ1v) is 17.5. The fourth-order valence-corrected chi connectivity index (χ4v) is 8.46. The van der Waals surface area contributed by atoms with Gasteiger partial charge in [-0.1, -0.05) is 36.6 Å². The lowest BCUT2D eigenvalue weighted by molar-refractivity contribution is 0.0887. The van der Waals surface area contributed by atoms with Crippen molar-refractivity contribution in [2.45, 2.75) is 48.3 Å². The smallest absolute Gasteiger partial charge is 0.267 e. The number of hydrogen-bond acceptors (Lipinski definition) is 6. The Labute approximate surface area is 257 Å². The first kappa shape index (κ1) is 31.1. The minimum atomic E-state index is -3.69. The molecule has 3 aromatic rings. The van der Waals surface area contributed by atoms with Gasteiger partial charge in [-0.05, 0) is 86.3 Å². The predicted molar refractivity (Wildman–Crippen MR) is 164 cm³/mol. The van der Waals surface area contributed by atoms with Crippen LogP contribution in [0.2, 0.25) is 5.02 Å². The van der Waals surface area contributed by atoms with Gasteiger partial charge in [-0.3, -0.25) is 15.0 Å². The maximum absolute atomic E-state index is 13.7. The van der Waals surface area contributed by atoms with Crippen molar-refractivity contribution < 1.29 is 26.4 Å². The van der Waals surface area contributed by atoms with Crippen LogP contribution < -0.4 is 10.4 Å². The quantitative estimate of drug-likeness (QED) is 0.373. The molecule has 0 aromatic heterocycles. The van der Waals surface area contributed by atoms with E-state index in [1.54, 1.807) is 24.3 Å². The second-order valence-electron chi connectivity index (χ2n) is 10.5. The van der Waals surface area contributed by atoms with Crippen molar-refractivity contribution in [1.82, 2.24) is 14.0 Å². The van der Waals surface area contributed by atoms with Crippen molar-refractivity contribution in [3.8, 4) is 0 Å². The number of hydrazine groups is 1. The Morgan fingerprint density at radius 3 is 1.53 bits per heavy atom. The predicted octanol–water partition coefficient (Wildman–Crippen LogP) is 4.68. The molecule has 3 aromatic carbocycles. The maximum Gasteiger partial charge on any atom is 0.277 e. The van der Waals surface area contributed by atoms with E-state index in [-0.39, 0.29) is 31.6 Å². The molecular formula is C30H33ClN4O6S2. The third-order valence-corrected chi connectivity index (χ3v) is 11.8. The Bertz CT molecular complexity index is 1690. The third-order valence-electron chi connectivity index (χ3n) is 7.63. The molecule has 2 fully saturated rings. The fourth-order valence-electron chi connectivity index (χ4n) is 5.21. The number of anilines is 1. The number of nitrogens with one attached hydrogen (secondary N) is 1. The van der Waals surface area contributed by atoms with E-state index in [1.165, 1.54) is 57.1 Å². The van der Waals surface area contributed by atoms with Crippen molar-refractivity contribution in [1.29, 1.82) is 0 Å². The minimum Gasteiger partial charge on any atom is -0.267 e. The Kier molecular flexibility index (Phi) is 9.52. The van der Waals surface area contributed by atoms with Crippen molar-refractivity contribution in [3.05, 3.63) is 88.9 Å². The maximum atomic E-state index is 13.7. The molecule has 10 nitrogen and oxygen atoms in total. The summed E-state index contributed by atoms with van der Waals surface area (Å²) in [5, 5.41) is 1.19. The third kappa shape index (κ3) is 6.78. The first-order chi connectivity index (χ1) is 20.6. The molecule has 0 spiro atoms. The van der Waals surface area contributed by atoms with Gasteiger partial charge < -0.3 is 0 Å². The Balaban J connectivity index is 1.37. The summed E-state index contributed by atoms with van der Waals surface area (Å²) in [4.78, 5) is 27.2. The number of halogens is 1. The van der Waals surface area contributed by atoms with E-state index < -0.39 is 31.9 Å². The Morgan fingerprint density at radius 1 is 0.628 bits per heavy atom. The lowest BCUT2D eigenvalue weighted by Gasteiger charge is -2.26. The number of para-hydroxylation sites is 1. The van der Waals surface area contributed by atoms with Crippen LogP contribution in [0.15, 0.2) is 82.6 Å². The van der Waals surface area contributed by atoms with Gasteiger partial charge in [0, 0.05) is 37.3 Å². The second kappa shape index (κ2) is 13.1. The molecule has 1 N–H and O–H groups in total. The van der Waals surface area contributed by atoms with Gasteiger partial charge in [0.1, 0.15) is 0 Å². The molecule has 2 aliphatic rings. The molecule has 13 heteroatoms. The normalized spacial score (nSPS) is 16.9. The van der Waals surface area contributed by atoms with Crippen molar-refractivity contribution in [2.75, 3.05) is 31.2 Å². The van der Waals surface area contributed by atoms with Crippen LogP contribution in [0.1, 0.15) is 59.2 Å². The number of amides is 2. The second-order valence-corrected chi connectivity index (χ2v) is 14.8. The van der Waals surface area contributed by atoms with Crippen LogP contribution in [0.3, 0.4) is 0 Å². The van der Waals surface area contributed by atoms with Crippen LogP contribution in [-0.4, -0.2) is 63.4 Å². The zero-order valence-electron chi connectivity index (χ0n) is 23.5. The van der Waals surface area contributed by atoms with Crippen LogP contribution in [0.25, 0.3) is 0 Å². The Hall–Kier alpha value is -3.29. The topological polar surface area (TPSA) is 124 Å². The molecule has 2 saturated heterocycles. The van der Waals surface area contributed by atoms with E-state index >= 15 is 0 Å². The van der Waals surface area contributed by atoms with E-state index in [9.17, 15) is 26.4 Å². The molecule has 5 rings (SSSR count). The highest BCUT2D eigenvalue weighted by molar-refractivity contribution is 7.89. The molecule has 0 bridgehead atoms. The summed E-state index contributed by atoms with van der Waals surface area (Å²) in [7, 11) is -7.36. The van der Waals surface area contributed by atoms with Crippen LogP contribution >= 0.6 is 11.6 Å². The molecule has 2 aliphatic heterocycles. The van der Waals surface area contributed by atoms with Crippen LogP contribution in [-0.2, 0) is 20.0 Å². The lowest BCUT2D eigenvalue weighted by Crippen LogP contribution is -2.46. The van der Waals surface area contributed by atoms with Gasteiger partial charge in [0.25, 0.3) is 11.8 Å². The molecule has 0 unspecified atom stereocenters. The highest BCUT2D eigenvalue weighted by Crippen LogP contribution is 2.27. The largest absolute Gasteiger partial charge is 0.277 e. The number of rotatable bonds is 7. The van der Waals surface area contributed by atoms with Crippen molar-refractivity contribution >= 4 is 49.1 Å². The average Bonchev–Trinajstić information content (AvgIpc) is 3.04. The number of nitrogens with zero attached hydrogens (tertiary/aromatic N) is 3. The molecule has 0 aliphatic carbocycles. The molecule has 43 heavy (non-hydrogen) atoms. The zero-order valence-corrected chi connectivity index (χ0v) is 25.9. The van der Waals surface area contributed by atoms with Gasteiger partial charge >= 0.3 is 0 Å². The number of carbonyl (C=O) groups is 2. The number of benzene rings is 3. The lowest BCUT2D eigenvalue weighted by atomic mass is 10.2. The molecule has 228 valence electrons. The van der Waals surface area contributed by atoms with Gasteiger partial charge in [0.05, 0.1) is 20.5 Å². The molecule has 2 amide bonds. The SMILES string of the molecule is O=C(NN(C(=O)c1ccc(S(=O)(=O)N2CCCCC2)cc1)c1ccccc1Cl)c1ccc(S(=O)(=O)N2CCCCC2)cc1. The minimum absolute atomic E-state index is 0.0823. The summed E-state index contributed by atoms with van der Waals surface area (Å²) in [5.74, 6) is -1.31. The van der Waals surface area contributed by atoms with Crippen molar-refractivity contribution in [3.63, 3.8) is 0 Å². The highest BCUT2D eigenvalue weighted by Gasteiger charge is 2.29. The van der Waals surface area contributed by atoms with Crippen LogP contribution in [0.5, 0.6) is 0 Å². The average molecular weight is 645 g/mol. The monoisotopic (exact) mass is 644 g/mol. The summed E-state index contributed by atoms with van der Waals surface area (Å²) in [5.41, 5.74) is 3.04. The first-order valence-electron chi connectivity index (χ1n) is 14.2. The number of hydrogen-bond donors (Lipinski definition) is 1. The van der Waals surface area contributed by atoms with E-state index in [2.05, 4.69) is 5.43 Å². The summed E-state index contributed by atoms with van der Waals surface area (Å²) < 4.78 is 55.0. The summed E-state index contributed by atoms with van der Waals surface area (Å²) in [6, 6.07) is 17.6. The number of sulfonamides is 2. The van der Waals surface area contributed by atoms with E-state index in [0.717, 1.165) is 43.5 Å². The summed E-state index contributed by atoms with van der Waals surface area (Å²) in [6.45, 7) is 1.84. The fraction of sp³-hybridized carbons (Fsp3) is 0.333. The molecule has 2 heterocycles. The van der Waals surface area contributed by atoms with Gasteiger partial charge in [-0.25, -0.2) is 21.8 Å². The standard InChI is InChI=1S/C30H33ClN4O6S2/c31-27-9-3-4-10-28(27)35(30(37)24-13-17-26(18-14-24)43(40,41)34-21-7-2-8-22-34)32-29(36)23-11-15-25(16-12-23)42(38,39)33-19-5-1-6-20-33/h3-4,9-18H,1-2,5-8,19-22H2,(H,32,36). The summed E-state index contributed by atoms with van der Waals surface area (Å²) >= 11 is 6.39. The number of carbonyl (C=O) groups excluding carboxylic acids is 2. The van der Waals surface area contributed by atoms with Crippen LogP contribution in [0.4, 0.5) is 5.69 Å². The number of piperidine rings is 2. The van der Waals surface area contributed by atoms with E-state index in [1.807, 2.05) is 0 Å². The molecular weight excluding hydrogens is 612 g/mol. The van der Waals surface area contributed by atoms with E-state index in [0.29, 0.717) is 26.2 Å². The highest BCUT2D eigenvalue weighted by atomic mass is 35.5. The van der Waals surface area contributed by atoms with E-state index in [4.69, 9.17) is 11.6 Å². The molecule has 0 radical (unpaired) electrons. The molecule has 0 atom stereocenters. The summed E-state index contributed by atoms with van der Waals surface area (Å²) in [6.07, 6.45) is 5.21. The van der Waals surface area contributed by atoms with Gasteiger partial charge in [0.2, 0.25) is 20.0 Å². The van der Waals surface area contributed by atoms with Gasteiger partial charge in [0.15, 0.2) is 0 Å². The van der Waals surface area contributed by atoms with Gasteiger partial charge in [-0.15, -0.1) is 0 Å². The zero-order chi connectivity index (χ0) is 30.6. The van der Waals surface area contributed by atoms with Crippen LogP contribution in [0, 0.1) is 0 Å². The Morgan fingerprint density at radius 2 is 1.07 bits per heavy atom.